The number of piperidine rings is 1. The molecular weight excluding hydrogens is 340 g/mol. The van der Waals surface area contributed by atoms with Crippen LogP contribution >= 0.6 is 0 Å². The fourth-order valence-corrected chi connectivity index (χ4v) is 4.14. The minimum atomic E-state index is 0.227. The summed E-state index contributed by atoms with van der Waals surface area (Å²) in [6.07, 6.45) is 7.62. The number of carbonyl (C=O) groups excluding carboxylic acids is 1. The van der Waals surface area contributed by atoms with Crippen LogP contribution in [0, 0.1) is 12.8 Å². The Labute approximate surface area is 160 Å². The number of tetrazole rings is 1. The molecule has 1 saturated heterocycles. The van der Waals surface area contributed by atoms with Crippen LogP contribution in [0.25, 0.3) is 5.69 Å². The zero-order valence-corrected chi connectivity index (χ0v) is 16.0. The van der Waals surface area contributed by atoms with Crippen molar-refractivity contribution in [3.8, 4) is 5.69 Å². The van der Waals surface area contributed by atoms with E-state index in [1.54, 1.807) is 4.68 Å². The lowest BCUT2D eigenvalue weighted by Gasteiger charge is -2.33. The van der Waals surface area contributed by atoms with Crippen LogP contribution in [0.5, 0.6) is 0 Å². The summed E-state index contributed by atoms with van der Waals surface area (Å²) in [5.74, 6) is 1.26. The van der Waals surface area contributed by atoms with Gasteiger partial charge in [-0.15, -0.1) is 0 Å². The van der Waals surface area contributed by atoms with Crippen molar-refractivity contribution < 1.29 is 4.79 Å². The fourth-order valence-electron chi connectivity index (χ4n) is 4.14. The molecule has 2 heterocycles. The molecule has 1 aliphatic carbocycles. The molecule has 1 aromatic heterocycles. The van der Waals surface area contributed by atoms with Gasteiger partial charge in [0.15, 0.2) is 0 Å². The number of nitrogens with zero attached hydrogens (tertiary/aromatic N) is 5. The van der Waals surface area contributed by atoms with E-state index in [0.29, 0.717) is 0 Å². The van der Waals surface area contributed by atoms with Crippen molar-refractivity contribution in [2.45, 2.75) is 57.9 Å². The molecule has 7 heteroatoms. The average Bonchev–Trinajstić information content (AvgIpc) is 3.19. The summed E-state index contributed by atoms with van der Waals surface area (Å²) in [7, 11) is 0. The molecule has 1 aliphatic heterocycles. The van der Waals surface area contributed by atoms with Gasteiger partial charge in [0.1, 0.15) is 0 Å². The number of hydrogen-bond acceptors (Lipinski definition) is 5. The van der Waals surface area contributed by atoms with Gasteiger partial charge in [0.05, 0.1) is 5.69 Å². The SMILES string of the molecule is Cc1ccc(-n2nnnc2N2CCC(NC(=O)C3CCCCC3)CC2)cc1. The van der Waals surface area contributed by atoms with Gasteiger partial charge in [-0.25, -0.2) is 0 Å². The zero-order valence-electron chi connectivity index (χ0n) is 16.0. The molecule has 4 rings (SSSR count). The Kier molecular flexibility index (Phi) is 5.36. The standard InChI is InChI=1S/C20H28N6O/c1-15-7-9-18(10-8-15)26-20(22-23-24-26)25-13-11-17(12-14-25)21-19(27)16-5-3-2-4-6-16/h7-10,16-17H,2-6,11-14H2,1H3,(H,21,27). The van der Waals surface area contributed by atoms with E-state index >= 15 is 0 Å². The van der Waals surface area contributed by atoms with Gasteiger partial charge in [-0.2, -0.15) is 4.68 Å². The molecule has 1 amide bonds. The van der Waals surface area contributed by atoms with Gasteiger partial charge in [0.25, 0.3) is 0 Å². The lowest BCUT2D eigenvalue weighted by Crippen LogP contribution is -2.47. The third-order valence-electron chi connectivity index (χ3n) is 5.83. The lowest BCUT2D eigenvalue weighted by molar-refractivity contribution is -0.126. The van der Waals surface area contributed by atoms with Crippen LogP contribution in [0.15, 0.2) is 24.3 Å². The number of carbonyl (C=O) groups is 1. The molecule has 2 fully saturated rings. The minimum absolute atomic E-state index is 0.227. The number of aryl methyl sites for hydroxylation is 1. The molecule has 2 aliphatic rings. The van der Waals surface area contributed by atoms with Gasteiger partial charge in [0.2, 0.25) is 11.9 Å². The number of hydrogen-bond donors (Lipinski definition) is 1. The summed E-state index contributed by atoms with van der Waals surface area (Å²) in [6.45, 7) is 3.76. The maximum Gasteiger partial charge on any atom is 0.250 e. The minimum Gasteiger partial charge on any atom is -0.353 e. The normalized spacial score (nSPS) is 19.2. The summed E-state index contributed by atoms with van der Waals surface area (Å²) >= 11 is 0. The smallest absolute Gasteiger partial charge is 0.250 e. The maximum absolute atomic E-state index is 12.5. The van der Waals surface area contributed by atoms with Crippen molar-refractivity contribution in [1.29, 1.82) is 0 Å². The summed E-state index contributed by atoms with van der Waals surface area (Å²) in [5, 5.41) is 15.6. The van der Waals surface area contributed by atoms with Crippen LogP contribution in [0.3, 0.4) is 0 Å². The molecule has 1 saturated carbocycles. The Morgan fingerprint density at radius 3 is 2.44 bits per heavy atom. The summed E-state index contributed by atoms with van der Waals surface area (Å²) in [6, 6.07) is 8.46. The second-order valence-electron chi connectivity index (χ2n) is 7.83. The average molecular weight is 368 g/mol. The highest BCUT2D eigenvalue weighted by molar-refractivity contribution is 5.79. The number of rotatable bonds is 4. The van der Waals surface area contributed by atoms with Crippen molar-refractivity contribution >= 4 is 11.9 Å². The van der Waals surface area contributed by atoms with E-state index in [4.69, 9.17) is 0 Å². The van der Waals surface area contributed by atoms with Crippen LogP contribution in [-0.4, -0.2) is 45.2 Å². The maximum atomic E-state index is 12.5. The second kappa shape index (κ2) is 8.06. The zero-order chi connectivity index (χ0) is 18.6. The Morgan fingerprint density at radius 1 is 1.04 bits per heavy atom. The lowest BCUT2D eigenvalue weighted by atomic mass is 9.88. The monoisotopic (exact) mass is 368 g/mol. The van der Waals surface area contributed by atoms with E-state index in [0.717, 1.165) is 50.4 Å². The molecule has 0 atom stereocenters. The largest absolute Gasteiger partial charge is 0.353 e. The summed E-state index contributed by atoms with van der Waals surface area (Å²) in [4.78, 5) is 14.7. The van der Waals surface area contributed by atoms with Crippen molar-refractivity contribution in [3.63, 3.8) is 0 Å². The number of anilines is 1. The van der Waals surface area contributed by atoms with E-state index in [9.17, 15) is 4.79 Å². The second-order valence-corrected chi connectivity index (χ2v) is 7.83. The van der Waals surface area contributed by atoms with E-state index in [1.165, 1.54) is 24.8 Å². The quantitative estimate of drug-likeness (QED) is 0.898. The molecule has 144 valence electrons. The first-order chi connectivity index (χ1) is 13.2. The first-order valence-electron chi connectivity index (χ1n) is 10.1. The van der Waals surface area contributed by atoms with Crippen LogP contribution in [0.4, 0.5) is 5.95 Å². The molecular formula is C20H28N6O. The van der Waals surface area contributed by atoms with Crippen molar-refractivity contribution in [1.82, 2.24) is 25.5 Å². The van der Waals surface area contributed by atoms with Crippen LogP contribution in [-0.2, 0) is 4.79 Å². The molecule has 7 nitrogen and oxygen atoms in total. The van der Waals surface area contributed by atoms with Crippen molar-refractivity contribution in [3.05, 3.63) is 29.8 Å². The van der Waals surface area contributed by atoms with Crippen LogP contribution < -0.4 is 10.2 Å². The predicted octanol–water partition coefficient (Wildman–Crippen LogP) is 2.64. The molecule has 0 spiro atoms. The topological polar surface area (TPSA) is 75.9 Å². The third kappa shape index (κ3) is 4.12. The van der Waals surface area contributed by atoms with Gasteiger partial charge in [-0.3, -0.25) is 4.79 Å². The van der Waals surface area contributed by atoms with Gasteiger partial charge < -0.3 is 10.2 Å². The molecule has 1 aromatic carbocycles. The number of nitrogens with one attached hydrogen (secondary N) is 1. The van der Waals surface area contributed by atoms with Crippen LogP contribution in [0.1, 0.15) is 50.5 Å². The highest BCUT2D eigenvalue weighted by Gasteiger charge is 2.27. The molecule has 0 bridgehead atoms. The number of benzene rings is 1. The van der Waals surface area contributed by atoms with Crippen molar-refractivity contribution in [2.24, 2.45) is 5.92 Å². The van der Waals surface area contributed by atoms with E-state index in [1.807, 2.05) is 12.1 Å². The molecule has 0 unspecified atom stereocenters. The van der Waals surface area contributed by atoms with Gasteiger partial charge in [0, 0.05) is 25.0 Å². The molecule has 0 radical (unpaired) electrons. The molecule has 27 heavy (non-hydrogen) atoms. The Morgan fingerprint density at radius 2 is 1.74 bits per heavy atom. The highest BCUT2D eigenvalue weighted by Crippen LogP contribution is 2.25. The summed E-state index contributed by atoms with van der Waals surface area (Å²) in [5.41, 5.74) is 2.18. The molecule has 1 N–H and O–H groups in total. The van der Waals surface area contributed by atoms with Gasteiger partial charge in [-0.1, -0.05) is 42.1 Å². The van der Waals surface area contributed by atoms with E-state index in [-0.39, 0.29) is 17.9 Å². The Hall–Kier alpha value is -2.44. The van der Waals surface area contributed by atoms with Crippen LogP contribution in [0.2, 0.25) is 0 Å². The predicted molar refractivity (Wildman–Crippen MR) is 104 cm³/mol. The molecule has 2 aromatic rings. The van der Waals surface area contributed by atoms with E-state index < -0.39 is 0 Å². The Bertz CT molecular complexity index is 757. The fraction of sp³-hybridized carbons (Fsp3) is 0.600. The third-order valence-corrected chi connectivity index (χ3v) is 5.83. The highest BCUT2D eigenvalue weighted by atomic mass is 16.1. The number of aromatic nitrogens is 4. The first kappa shape index (κ1) is 17.9. The number of amides is 1. The van der Waals surface area contributed by atoms with Gasteiger partial charge in [-0.05, 0) is 55.2 Å². The summed E-state index contributed by atoms with van der Waals surface area (Å²) < 4.78 is 1.79. The Balaban J connectivity index is 1.35. The van der Waals surface area contributed by atoms with E-state index in [2.05, 4.69) is 44.8 Å². The van der Waals surface area contributed by atoms with Gasteiger partial charge >= 0.3 is 0 Å². The first-order valence-corrected chi connectivity index (χ1v) is 10.1. The van der Waals surface area contributed by atoms with Crippen molar-refractivity contribution in [2.75, 3.05) is 18.0 Å².